The van der Waals surface area contributed by atoms with Crippen molar-refractivity contribution in [2.75, 3.05) is 39.3 Å². The highest BCUT2D eigenvalue weighted by molar-refractivity contribution is 7.18. The van der Waals surface area contributed by atoms with Crippen LogP contribution in [0.1, 0.15) is 24.8 Å². The molecule has 0 aliphatic carbocycles. The average Bonchev–Trinajstić information content (AvgIpc) is 3.10. The second kappa shape index (κ2) is 7.94. The zero-order valence-electron chi connectivity index (χ0n) is 15.8. The number of aromatic nitrogens is 1. The molecule has 0 N–H and O–H groups in total. The second-order valence-electron chi connectivity index (χ2n) is 7.46. The summed E-state index contributed by atoms with van der Waals surface area (Å²) in [5, 5.41) is 1.15. The Morgan fingerprint density at radius 3 is 2.41 bits per heavy atom. The number of para-hydroxylation sites is 1. The number of carbonyl (C=O) groups is 2. The fraction of sp³-hybridized carbons (Fsp3) is 0.550. The van der Waals surface area contributed by atoms with Crippen LogP contribution in [0.2, 0.25) is 0 Å². The number of nitrogens with zero attached hydrogens (tertiary/aromatic N) is 4. The van der Waals surface area contributed by atoms with E-state index < -0.39 is 0 Å². The fourth-order valence-corrected chi connectivity index (χ4v) is 5.01. The number of amides is 2. The maximum atomic E-state index is 12.8. The molecule has 1 aromatic carbocycles. The molecule has 2 aromatic rings. The van der Waals surface area contributed by atoms with Gasteiger partial charge in [0, 0.05) is 52.1 Å². The van der Waals surface area contributed by atoms with Gasteiger partial charge in [-0.1, -0.05) is 12.1 Å². The van der Waals surface area contributed by atoms with Crippen LogP contribution in [-0.4, -0.2) is 70.8 Å². The van der Waals surface area contributed by atoms with Gasteiger partial charge in [0.05, 0.1) is 16.8 Å². The Hall–Kier alpha value is -1.99. The first kappa shape index (κ1) is 18.4. The van der Waals surface area contributed by atoms with Crippen LogP contribution < -0.4 is 0 Å². The van der Waals surface area contributed by atoms with Gasteiger partial charge in [0.2, 0.25) is 11.8 Å². The van der Waals surface area contributed by atoms with E-state index in [1.54, 1.807) is 18.3 Å². The molecule has 0 unspecified atom stereocenters. The van der Waals surface area contributed by atoms with Gasteiger partial charge in [0.25, 0.3) is 0 Å². The highest BCUT2D eigenvalue weighted by Gasteiger charge is 2.31. The van der Waals surface area contributed by atoms with Gasteiger partial charge in [-0.05, 0) is 25.0 Å². The van der Waals surface area contributed by atoms with Crippen LogP contribution in [0.15, 0.2) is 24.3 Å². The molecule has 0 atom stereocenters. The number of benzene rings is 1. The lowest BCUT2D eigenvalue weighted by Crippen LogP contribution is -2.51. The first-order valence-electron chi connectivity index (χ1n) is 9.71. The molecule has 1 aromatic heterocycles. The molecule has 0 spiro atoms. The quantitative estimate of drug-likeness (QED) is 0.812. The van der Waals surface area contributed by atoms with Crippen molar-refractivity contribution in [1.29, 1.82) is 0 Å². The van der Waals surface area contributed by atoms with Crippen molar-refractivity contribution in [3.8, 4) is 0 Å². The summed E-state index contributed by atoms with van der Waals surface area (Å²) in [4.78, 5) is 35.2. The van der Waals surface area contributed by atoms with Crippen LogP contribution in [0.3, 0.4) is 0 Å². The Morgan fingerprint density at radius 1 is 1.04 bits per heavy atom. The summed E-state index contributed by atoms with van der Waals surface area (Å²) >= 11 is 1.76. The van der Waals surface area contributed by atoms with Gasteiger partial charge < -0.3 is 9.80 Å². The second-order valence-corrected chi connectivity index (χ2v) is 8.57. The number of rotatable bonds is 3. The monoisotopic (exact) mass is 386 g/mol. The zero-order valence-corrected chi connectivity index (χ0v) is 16.6. The number of likely N-dealkylation sites (tertiary alicyclic amines) is 1. The molecule has 2 saturated heterocycles. The summed E-state index contributed by atoms with van der Waals surface area (Å²) in [6.45, 7) is 7.26. The lowest BCUT2D eigenvalue weighted by Gasteiger charge is -2.38. The molecule has 0 radical (unpaired) electrons. The number of hydrogen-bond acceptors (Lipinski definition) is 5. The van der Waals surface area contributed by atoms with Crippen molar-refractivity contribution < 1.29 is 9.59 Å². The van der Waals surface area contributed by atoms with Crippen molar-refractivity contribution in [3.05, 3.63) is 29.3 Å². The molecule has 0 saturated carbocycles. The summed E-state index contributed by atoms with van der Waals surface area (Å²) in [6, 6.07) is 8.25. The summed E-state index contributed by atoms with van der Waals surface area (Å²) in [6.07, 6.45) is 1.59. The summed E-state index contributed by atoms with van der Waals surface area (Å²) in [7, 11) is 0. The zero-order chi connectivity index (χ0) is 18.8. The molecule has 2 aliphatic rings. The van der Waals surface area contributed by atoms with E-state index in [4.69, 9.17) is 4.98 Å². The lowest BCUT2D eigenvalue weighted by atomic mass is 9.95. The minimum Gasteiger partial charge on any atom is -0.343 e. The molecular formula is C20H26N4O2S. The molecule has 2 fully saturated rings. The van der Waals surface area contributed by atoms with Crippen LogP contribution in [0, 0.1) is 5.92 Å². The third kappa shape index (κ3) is 4.14. The molecule has 144 valence electrons. The van der Waals surface area contributed by atoms with E-state index >= 15 is 0 Å². The molecular weight excluding hydrogens is 360 g/mol. The number of piperidine rings is 1. The molecule has 27 heavy (non-hydrogen) atoms. The third-order valence-corrected chi connectivity index (χ3v) is 6.69. The summed E-state index contributed by atoms with van der Waals surface area (Å²) in [5.41, 5.74) is 1.07. The number of fused-ring (bicyclic) bond motifs is 1. The van der Waals surface area contributed by atoms with Gasteiger partial charge >= 0.3 is 0 Å². The first-order valence-corrected chi connectivity index (χ1v) is 10.5. The lowest BCUT2D eigenvalue weighted by molar-refractivity contribution is -0.141. The fourth-order valence-electron chi connectivity index (χ4n) is 4.00. The smallest absolute Gasteiger partial charge is 0.225 e. The van der Waals surface area contributed by atoms with E-state index in [1.165, 1.54) is 4.70 Å². The van der Waals surface area contributed by atoms with E-state index in [9.17, 15) is 9.59 Å². The maximum absolute atomic E-state index is 12.8. The Morgan fingerprint density at radius 2 is 1.74 bits per heavy atom. The SMILES string of the molecule is CC(=O)N1CCC(C(=O)N2CCN(Cc3nc4ccccc4s3)CC2)CC1. The highest BCUT2D eigenvalue weighted by atomic mass is 32.1. The number of thiazole rings is 1. The van der Waals surface area contributed by atoms with Crippen molar-refractivity contribution in [3.63, 3.8) is 0 Å². The van der Waals surface area contributed by atoms with E-state index in [1.807, 2.05) is 15.9 Å². The summed E-state index contributed by atoms with van der Waals surface area (Å²) < 4.78 is 1.23. The largest absolute Gasteiger partial charge is 0.343 e. The van der Waals surface area contributed by atoms with Crippen molar-refractivity contribution >= 4 is 33.4 Å². The van der Waals surface area contributed by atoms with E-state index in [2.05, 4.69) is 23.1 Å². The first-order chi connectivity index (χ1) is 13.1. The van der Waals surface area contributed by atoms with E-state index in [-0.39, 0.29) is 17.7 Å². The molecule has 0 bridgehead atoms. The Kier molecular flexibility index (Phi) is 5.41. The number of carbonyl (C=O) groups excluding carboxylic acids is 2. The highest BCUT2D eigenvalue weighted by Crippen LogP contribution is 2.24. The van der Waals surface area contributed by atoms with Crippen LogP contribution in [-0.2, 0) is 16.1 Å². The van der Waals surface area contributed by atoms with Crippen molar-refractivity contribution in [2.24, 2.45) is 5.92 Å². The van der Waals surface area contributed by atoms with E-state index in [0.29, 0.717) is 13.1 Å². The van der Waals surface area contributed by atoms with Crippen LogP contribution in [0.5, 0.6) is 0 Å². The van der Waals surface area contributed by atoms with Crippen LogP contribution in [0.4, 0.5) is 0 Å². The Labute approximate surface area is 163 Å². The molecule has 7 heteroatoms. The van der Waals surface area contributed by atoms with Gasteiger partial charge in [0.1, 0.15) is 5.01 Å². The molecule has 6 nitrogen and oxygen atoms in total. The molecule has 2 aliphatic heterocycles. The topological polar surface area (TPSA) is 56.8 Å². The standard InChI is InChI=1S/C20H26N4O2S/c1-15(25)23-8-6-16(7-9-23)20(26)24-12-10-22(11-13-24)14-19-21-17-4-2-3-5-18(17)27-19/h2-5,16H,6-14H2,1H3. The summed E-state index contributed by atoms with van der Waals surface area (Å²) in [5.74, 6) is 0.471. The Balaban J connectivity index is 1.27. The normalized spacial score (nSPS) is 19.6. The van der Waals surface area contributed by atoms with Crippen molar-refractivity contribution in [1.82, 2.24) is 19.7 Å². The van der Waals surface area contributed by atoms with Gasteiger partial charge in [0.15, 0.2) is 0 Å². The maximum Gasteiger partial charge on any atom is 0.225 e. The van der Waals surface area contributed by atoms with Crippen LogP contribution >= 0.6 is 11.3 Å². The predicted molar refractivity (Wildman–Crippen MR) is 106 cm³/mol. The van der Waals surface area contributed by atoms with E-state index in [0.717, 1.165) is 56.1 Å². The van der Waals surface area contributed by atoms with Crippen LogP contribution in [0.25, 0.3) is 10.2 Å². The van der Waals surface area contributed by atoms with Gasteiger partial charge in [-0.2, -0.15) is 0 Å². The van der Waals surface area contributed by atoms with Gasteiger partial charge in [-0.15, -0.1) is 11.3 Å². The average molecular weight is 387 g/mol. The Bertz CT molecular complexity index is 787. The number of hydrogen-bond donors (Lipinski definition) is 0. The number of piperazine rings is 1. The molecule has 3 heterocycles. The predicted octanol–water partition coefficient (Wildman–Crippen LogP) is 2.20. The molecule has 4 rings (SSSR count). The minimum absolute atomic E-state index is 0.0800. The third-order valence-electron chi connectivity index (χ3n) is 5.67. The van der Waals surface area contributed by atoms with Crippen molar-refractivity contribution in [2.45, 2.75) is 26.3 Å². The molecule has 2 amide bonds. The minimum atomic E-state index is 0.0800. The van der Waals surface area contributed by atoms with Gasteiger partial charge in [-0.25, -0.2) is 4.98 Å². The van der Waals surface area contributed by atoms with Gasteiger partial charge in [-0.3, -0.25) is 14.5 Å².